The van der Waals surface area contributed by atoms with E-state index in [2.05, 4.69) is 25.4 Å². The summed E-state index contributed by atoms with van der Waals surface area (Å²) in [6.07, 6.45) is 3.00. The van der Waals surface area contributed by atoms with Crippen molar-refractivity contribution in [2.24, 2.45) is 5.41 Å². The van der Waals surface area contributed by atoms with Crippen LogP contribution in [0.1, 0.15) is 39.7 Å². The smallest absolute Gasteiger partial charge is 0.407 e. The molecule has 0 radical (unpaired) electrons. The molecule has 3 aromatic rings. The SMILES string of the molecule is CC(C)(C)C1CN(c2cccc(S(=O)(=O)c3cn(C4CC4)c4ccc(Br)cc34)c2)CCN1C(=O)O. The highest BCUT2D eigenvalue weighted by atomic mass is 79.9. The standard InChI is InChI=1S/C26H30BrN3O4S/c1-26(2,3)24-16-28(11-12-29(24)25(31)32)19-5-4-6-20(14-19)35(33,34)23-15-30(18-8-9-18)22-10-7-17(27)13-21(22)23/h4-7,10,13-15,18,24H,8-9,11-12,16H2,1-3H3,(H,31,32). The number of carbonyl (C=O) groups is 1. The number of piperazine rings is 1. The zero-order chi connectivity index (χ0) is 25.1. The Bertz CT molecular complexity index is 1410. The molecule has 0 spiro atoms. The number of anilines is 1. The average molecular weight is 561 g/mol. The Morgan fingerprint density at radius 1 is 1.09 bits per heavy atom. The fourth-order valence-electron chi connectivity index (χ4n) is 5.03. The highest BCUT2D eigenvalue weighted by Gasteiger charge is 2.38. The minimum absolute atomic E-state index is 0.206. The van der Waals surface area contributed by atoms with Gasteiger partial charge in [-0.25, -0.2) is 13.2 Å². The third-order valence-corrected chi connectivity index (χ3v) is 9.38. The molecule has 2 aromatic carbocycles. The molecule has 1 saturated carbocycles. The number of halogens is 1. The van der Waals surface area contributed by atoms with Gasteiger partial charge in [0.25, 0.3) is 0 Å². The number of benzene rings is 2. The van der Waals surface area contributed by atoms with Crippen molar-refractivity contribution in [1.29, 1.82) is 0 Å². The Kier molecular flexibility index (Phi) is 5.91. The maximum atomic E-state index is 13.9. The van der Waals surface area contributed by atoms with Crippen molar-refractivity contribution < 1.29 is 18.3 Å². The van der Waals surface area contributed by atoms with E-state index in [-0.39, 0.29) is 16.4 Å². The van der Waals surface area contributed by atoms with Crippen molar-refractivity contribution in [2.45, 2.75) is 55.5 Å². The molecule has 1 amide bonds. The van der Waals surface area contributed by atoms with Crippen molar-refractivity contribution in [3.63, 3.8) is 0 Å². The number of fused-ring (bicyclic) bond motifs is 1. The van der Waals surface area contributed by atoms with E-state index >= 15 is 0 Å². The van der Waals surface area contributed by atoms with Gasteiger partial charge in [-0.15, -0.1) is 0 Å². The van der Waals surface area contributed by atoms with Crippen LogP contribution in [0.15, 0.2) is 62.9 Å². The molecule has 1 aromatic heterocycles. The lowest BCUT2D eigenvalue weighted by Crippen LogP contribution is -2.59. The first-order valence-corrected chi connectivity index (χ1v) is 14.1. The zero-order valence-corrected chi connectivity index (χ0v) is 22.5. The summed E-state index contributed by atoms with van der Waals surface area (Å²) in [5.74, 6) is 0. The number of sulfone groups is 1. The van der Waals surface area contributed by atoms with Gasteiger partial charge in [0.2, 0.25) is 9.84 Å². The number of amides is 1. The Hall–Kier alpha value is -2.52. The van der Waals surface area contributed by atoms with Gasteiger partial charge in [0.15, 0.2) is 0 Å². The van der Waals surface area contributed by atoms with Gasteiger partial charge in [-0.05, 0) is 54.7 Å². The predicted octanol–water partition coefficient (Wildman–Crippen LogP) is 5.79. The molecule has 35 heavy (non-hydrogen) atoms. The maximum absolute atomic E-state index is 13.9. The minimum Gasteiger partial charge on any atom is -0.465 e. The van der Waals surface area contributed by atoms with Crippen LogP contribution in [0.25, 0.3) is 10.9 Å². The second-order valence-electron chi connectivity index (χ2n) is 10.6. The van der Waals surface area contributed by atoms with Gasteiger partial charge >= 0.3 is 6.09 Å². The summed E-state index contributed by atoms with van der Waals surface area (Å²) in [6, 6.07) is 13.0. The third kappa shape index (κ3) is 4.44. The molecule has 1 aliphatic carbocycles. The molecule has 1 unspecified atom stereocenters. The van der Waals surface area contributed by atoms with Crippen LogP contribution in [0.3, 0.4) is 0 Å². The lowest BCUT2D eigenvalue weighted by Gasteiger charge is -2.46. The summed E-state index contributed by atoms with van der Waals surface area (Å²) < 4.78 is 30.7. The fourth-order valence-corrected chi connectivity index (χ4v) is 6.88. The highest BCUT2D eigenvalue weighted by molar-refractivity contribution is 9.10. The first-order valence-electron chi connectivity index (χ1n) is 11.9. The highest BCUT2D eigenvalue weighted by Crippen LogP contribution is 2.42. The van der Waals surface area contributed by atoms with Gasteiger partial charge in [0, 0.05) is 52.9 Å². The van der Waals surface area contributed by atoms with Crippen LogP contribution < -0.4 is 4.90 Å². The van der Waals surface area contributed by atoms with E-state index in [1.165, 1.54) is 4.90 Å². The summed E-state index contributed by atoms with van der Waals surface area (Å²) in [4.78, 5) is 16.0. The minimum atomic E-state index is -3.77. The van der Waals surface area contributed by atoms with Crippen LogP contribution in [0.5, 0.6) is 0 Å². The Morgan fingerprint density at radius 3 is 2.49 bits per heavy atom. The molecule has 2 aliphatic rings. The van der Waals surface area contributed by atoms with E-state index in [0.717, 1.165) is 33.9 Å². The lowest BCUT2D eigenvalue weighted by molar-refractivity contribution is 0.0748. The molecular formula is C26H30BrN3O4S. The number of hydrogen-bond acceptors (Lipinski definition) is 4. The molecular weight excluding hydrogens is 530 g/mol. The molecule has 2 heterocycles. The first-order chi connectivity index (χ1) is 16.5. The monoisotopic (exact) mass is 559 g/mol. The molecule has 7 nitrogen and oxygen atoms in total. The number of carboxylic acid groups (broad SMARTS) is 1. The molecule has 1 atom stereocenters. The number of rotatable bonds is 4. The zero-order valence-electron chi connectivity index (χ0n) is 20.1. The van der Waals surface area contributed by atoms with Crippen LogP contribution in [0.4, 0.5) is 10.5 Å². The summed E-state index contributed by atoms with van der Waals surface area (Å²) in [7, 11) is -3.77. The second-order valence-corrected chi connectivity index (χ2v) is 13.4. The van der Waals surface area contributed by atoms with Crippen LogP contribution in [-0.4, -0.2) is 54.8 Å². The van der Waals surface area contributed by atoms with Crippen molar-refractivity contribution >= 4 is 48.5 Å². The average Bonchev–Trinajstić information content (AvgIpc) is 3.58. The molecule has 5 rings (SSSR count). The quantitative estimate of drug-likeness (QED) is 0.437. The van der Waals surface area contributed by atoms with Crippen molar-refractivity contribution in [3.05, 3.63) is 53.1 Å². The van der Waals surface area contributed by atoms with E-state index in [1.807, 2.05) is 45.0 Å². The van der Waals surface area contributed by atoms with Crippen molar-refractivity contribution in [3.8, 4) is 0 Å². The normalized spacial score (nSPS) is 19.4. The summed E-state index contributed by atoms with van der Waals surface area (Å²) in [6.45, 7) is 7.49. The number of hydrogen-bond donors (Lipinski definition) is 1. The van der Waals surface area contributed by atoms with E-state index in [0.29, 0.717) is 30.6 Å². The van der Waals surface area contributed by atoms with Gasteiger partial charge < -0.3 is 19.5 Å². The molecule has 1 aliphatic heterocycles. The first kappa shape index (κ1) is 24.2. The summed E-state index contributed by atoms with van der Waals surface area (Å²) in [5, 5.41) is 10.4. The third-order valence-electron chi connectivity index (χ3n) is 7.11. The van der Waals surface area contributed by atoms with E-state index < -0.39 is 15.9 Å². The molecule has 1 saturated heterocycles. The number of aromatic nitrogens is 1. The fraction of sp³-hybridized carbons (Fsp3) is 0.423. The van der Waals surface area contributed by atoms with Gasteiger partial charge in [0.05, 0.1) is 15.8 Å². The van der Waals surface area contributed by atoms with E-state index in [4.69, 9.17) is 0 Å². The van der Waals surface area contributed by atoms with Gasteiger partial charge in [-0.3, -0.25) is 0 Å². The van der Waals surface area contributed by atoms with Crippen LogP contribution in [0.2, 0.25) is 0 Å². The number of nitrogens with zero attached hydrogens (tertiary/aromatic N) is 3. The molecule has 2 fully saturated rings. The van der Waals surface area contributed by atoms with Crippen molar-refractivity contribution in [2.75, 3.05) is 24.5 Å². The molecule has 1 N–H and O–H groups in total. The second kappa shape index (κ2) is 8.55. The topological polar surface area (TPSA) is 82.9 Å². The van der Waals surface area contributed by atoms with E-state index in [9.17, 15) is 18.3 Å². The molecule has 186 valence electrons. The van der Waals surface area contributed by atoms with Gasteiger partial charge in [0.1, 0.15) is 0 Å². The Labute approximate surface area is 214 Å². The van der Waals surface area contributed by atoms with Crippen LogP contribution in [0, 0.1) is 5.41 Å². The maximum Gasteiger partial charge on any atom is 0.407 e. The van der Waals surface area contributed by atoms with Gasteiger partial charge in [-0.1, -0.05) is 42.8 Å². The Morgan fingerprint density at radius 2 is 1.83 bits per heavy atom. The van der Waals surface area contributed by atoms with Crippen molar-refractivity contribution in [1.82, 2.24) is 9.47 Å². The van der Waals surface area contributed by atoms with Crippen LogP contribution in [-0.2, 0) is 9.84 Å². The van der Waals surface area contributed by atoms with Crippen LogP contribution >= 0.6 is 15.9 Å². The Balaban J connectivity index is 1.52. The van der Waals surface area contributed by atoms with E-state index in [1.54, 1.807) is 24.4 Å². The summed E-state index contributed by atoms with van der Waals surface area (Å²) in [5.41, 5.74) is 1.47. The van der Waals surface area contributed by atoms with Gasteiger partial charge in [-0.2, -0.15) is 0 Å². The molecule has 0 bridgehead atoms. The lowest BCUT2D eigenvalue weighted by atomic mass is 9.84. The summed E-state index contributed by atoms with van der Waals surface area (Å²) >= 11 is 3.50. The largest absolute Gasteiger partial charge is 0.465 e. The molecule has 9 heteroatoms. The predicted molar refractivity (Wildman–Crippen MR) is 140 cm³/mol.